The smallest absolute Gasteiger partial charge is 0.116 e. The fourth-order valence-electron chi connectivity index (χ4n) is 3.87. The molecule has 2 aromatic rings. The molecule has 23 heavy (non-hydrogen) atoms. The maximum Gasteiger partial charge on any atom is 0.116 e. The molecule has 0 unspecified atom stereocenters. The van der Waals surface area contributed by atoms with Gasteiger partial charge >= 0.3 is 0 Å². The number of hydrogen-bond acceptors (Lipinski definition) is 3. The van der Waals surface area contributed by atoms with Crippen LogP contribution in [0.1, 0.15) is 39.5 Å². The molecule has 2 heterocycles. The predicted molar refractivity (Wildman–Crippen MR) is 98.6 cm³/mol. The lowest BCUT2D eigenvalue weighted by molar-refractivity contribution is 0.178. The first-order valence-electron chi connectivity index (χ1n) is 8.30. The number of nitrogens with zero attached hydrogens (tertiary/aromatic N) is 2. The van der Waals surface area contributed by atoms with E-state index in [9.17, 15) is 0 Å². The third kappa shape index (κ3) is 2.58. The summed E-state index contributed by atoms with van der Waals surface area (Å²) in [6.07, 6.45) is 9.05. The van der Waals surface area contributed by atoms with E-state index in [4.69, 9.17) is 0 Å². The molecular weight excluding hydrogens is 300 g/mol. The number of fused-ring (bicyclic) bond motifs is 2. The Bertz CT molecular complexity index is 764. The number of allylic oxidation sites excluding steroid dienone is 1. The Hall–Kier alpha value is -1.71. The van der Waals surface area contributed by atoms with Gasteiger partial charge in [0.25, 0.3) is 0 Å². The number of likely N-dealkylation sites (tertiary alicyclic amines) is 1. The lowest BCUT2D eigenvalue weighted by atomic mass is 9.74. The number of thiazole rings is 1. The van der Waals surface area contributed by atoms with Gasteiger partial charge in [-0.25, -0.2) is 4.98 Å². The van der Waals surface area contributed by atoms with Gasteiger partial charge in [0.1, 0.15) is 5.01 Å². The van der Waals surface area contributed by atoms with Gasteiger partial charge in [0, 0.05) is 16.8 Å². The van der Waals surface area contributed by atoms with E-state index < -0.39 is 0 Å². The van der Waals surface area contributed by atoms with Crippen molar-refractivity contribution in [1.29, 1.82) is 0 Å². The molecule has 1 aromatic carbocycles. The van der Waals surface area contributed by atoms with Gasteiger partial charge in [0.15, 0.2) is 0 Å². The van der Waals surface area contributed by atoms with Gasteiger partial charge < -0.3 is 0 Å². The summed E-state index contributed by atoms with van der Waals surface area (Å²) in [5, 5.41) is 1.04. The third-order valence-electron chi connectivity index (χ3n) is 5.28. The Balaban J connectivity index is 1.47. The Morgan fingerprint density at radius 1 is 1.30 bits per heavy atom. The van der Waals surface area contributed by atoms with E-state index in [0.717, 1.165) is 30.3 Å². The highest BCUT2D eigenvalue weighted by Gasteiger charge is 2.37. The molecule has 4 rings (SSSR count). The van der Waals surface area contributed by atoms with Crippen molar-refractivity contribution >= 4 is 23.5 Å². The topological polar surface area (TPSA) is 16.1 Å². The number of benzene rings is 1. The lowest BCUT2D eigenvalue weighted by Crippen LogP contribution is -2.40. The van der Waals surface area contributed by atoms with Gasteiger partial charge in [-0.05, 0) is 50.1 Å². The molecule has 0 saturated carbocycles. The second-order valence-corrected chi connectivity index (χ2v) is 7.73. The minimum Gasteiger partial charge on any atom is -0.298 e. The molecular formula is C20H22N2S. The van der Waals surface area contributed by atoms with E-state index >= 15 is 0 Å². The third-order valence-corrected chi connectivity index (χ3v) is 6.42. The SMILES string of the molecule is C=Cc1nc(C)c(CN2CCC3(C=Cc4ccccc43)CC2)s1. The summed E-state index contributed by atoms with van der Waals surface area (Å²) in [4.78, 5) is 8.52. The Morgan fingerprint density at radius 3 is 2.83 bits per heavy atom. The van der Waals surface area contributed by atoms with Gasteiger partial charge in [-0.1, -0.05) is 43.0 Å². The predicted octanol–water partition coefficient (Wildman–Crippen LogP) is 4.66. The molecule has 0 bridgehead atoms. The average molecular weight is 322 g/mol. The van der Waals surface area contributed by atoms with Crippen LogP contribution in [0.5, 0.6) is 0 Å². The molecule has 2 aliphatic rings. The van der Waals surface area contributed by atoms with Crippen molar-refractivity contribution in [1.82, 2.24) is 9.88 Å². The molecule has 1 aliphatic heterocycles. The van der Waals surface area contributed by atoms with E-state index in [-0.39, 0.29) is 5.41 Å². The van der Waals surface area contributed by atoms with E-state index in [2.05, 4.69) is 59.8 Å². The first-order chi connectivity index (χ1) is 11.2. The van der Waals surface area contributed by atoms with Crippen molar-refractivity contribution in [2.24, 2.45) is 0 Å². The maximum absolute atomic E-state index is 4.56. The van der Waals surface area contributed by atoms with Crippen molar-refractivity contribution in [3.63, 3.8) is 0 Å². The van der Waals surface area contributed by atoms with Crippen molar-refractivity contribution in [2.45, 2.75) is 31.7 Å². The van der Waals surface area contributed by atoms with Crippen molar-refractivity contribution in [3.8, 4) is 0 Å². The zero-order valence-corrected chi connectivity index (χ0v) is 14.4. The van der Waals surface area contributed by atoms with E-state index in [1.807, 2.05) is 6.08 Å². The maximum atomic E-state index is 4.56. The van der Waals surface area contributed by atoms with Crippen LogP contribution in [0.4, 0.5) is 0 Å². The lowest BCUT2D eigenvalue weighted by Gasteiger charge is -2.39. The summed E-state index contributed by atoms with van der Waals surface area (Å²) in [5.41, 5.74) is 4.39. The summed E-state index contributed by atoms with van der Waals surface area (Å²) in [7, 11) is 0. The number of piperidine rings is 1. The second-order valence-electron chi connectivity index (χ2n) is 6.62. The van der Waals surface area contributed by atoms with Crippen LogP contribution in [-0.2, 0) is 12.0 Å². The quantitative estimate of drug-likeness (QED) is 0.817. The van der Waals surface area contributed by atoms with Gasteiger partial charge in [-0.2, -0.15) is 0 Å². The van der Waals surface area contributed by atoms with E-state index in [0.29, 0.717) is 0 Å². The van der Waals surface area contributed by atoms with Gasteiger partial charge in [-0.3, -0.25) is 4.90 Å². The first kappa shape index (κ1) is 14.9. The van der Waals surface area contributed by atoms with Crippen LogP contribution in [-0.4, -0.2) is 23.0 Å². The highest BCUT2D eigenvalue weighted by Crippen LogP contribution is 2.43. The average Bonchev–Trinajstić information content (AvgIpc) is 3.12. The molecule has 1 fully saturated rings. The molecule has 1 saturated heterocycles. The molecule has 0 atom stereocenters. The zero-order valence-electron chi connectivity index (χ0n) is 13.6. The monoisotopic (exact) mass is 322 g/mol. The first-order valence-corrected chi connectivity index (χ1v) is 9.12. The molecule has 0 amide bonds. The molecule has 3 heteroatoms. The summed E-state index contributed by atoms with van der Waals surface area (Å²) < 4.78 is 0. The Kier molecular flexibility index (Phi) is 3.70. The van der Waals surface area contributed by atoms with Gasteiger partial charge in [0.05, 0.1) is 5.69 Å². The molecule has 1 aliphatic carbocycles. The molecule has 0 radical (unpaired) electrons. The van der Waals surface area contributed by atoms with Crippen molar-refractivity contribution < 1.29 is 0 Å². The highest BCUT2D eigenvalue weighted by molar-refractivity contribution is 7.12. The minimum atomic E-state index is 0.280. The summed E-state index contributed by atoms with van der Waals surface area (Å²) >= 11 is 1.78. The van der Waals surface area contributed by atoms with Crippen LogP contribution in [0, 0.1) is 6.92 Å². The normalized spacial score (nSPS) is 19.2. The fraction of sp³-hybridized carbons (Fsp3) is 0.350. The summed E-state index contributed by atoms with van der Waals surface area (Å²) in [6.45, 7) is 9.27. The molecule has 1 spiro atoms. The number of hydrogen-bond donors (Lipinski definition) is 0. The van der Waals surface area contributed by atoms with Gasteiger partial charge in [-0.15, -0.1) is 11.3 Å². The van der Waals surface area contributed by atoms with E-state index in [1.54, 1.807) is 11.3 Å². The number of aryl methyl sites for hydroxylation is 1. The summed E-state index contributed by atoms with van der Waals surface area (Å²) in [6, 6.07) is 8.87. The van der Waals surface area contributed by atoms with Crippen molar-refractivity contribution in [3.05, 3.63) is 63.6 Å². The Morgan fingerprint density at radius 2 is 2.09 bits per heavy atom. The molecule has 0 N–H and O–H groups in total. The fourth-order valence-corrected chi connectivity index (χ4v) is 4.83. The number of rotatable bonds is 3. The van der Waals surface area contributed by atoms with Crippen LogP contribution in [0.15, 0.2) is 36.9 Å². The van der Waals surface area contributed by atoms with Crippen LogP contribution in [0.3, 0.4) is 0 Å². The van der Waals surface area contributed by atoms with Crippen LogP contribution in [0.25, 0.3) is 12.2 Å². The minimum absolute atomic E-state index is 0.280. The highest BCUT2D eigenvalue weighted by atomic mass is 32.1. The largest absolute Gasteiger partial charge is 0.298 e. The molecule has 1 aromatic heterocycles. The summed E-state index contributed by atoms with van der Waals surface area (Å²) in [5.74, 6) is 0. The zero-order chi connectivity index (χ0) is 15.9. The molecule has 118 valence electrons. The molecule has 2 nitrogen and oxygen atoms in total. The second kappa shape index (κ2) is 5.73. The standard InChI is InChI=1S/C20H22N2S/c1-3-19-21-15(2)18(23-19)14-22-12-10-20(11-13-22)9-8-16-6-4-5-7-17(16)20/h3-9H,1,10-14H2,2H3. The van der Waals surface area contributed by atoms with Crippen molar-refractivity contribution in [2.75, 3.05) is 13.1 Å². The van der Waals surface area contributed by atoms with Gasteiger partial charge in [0.2, 0.25) is 0 Å². The van der Waals surface area contributed by atoms with E-state index in [1.165, 1.54) is 28.8 Å². The van der Waals surface area contributed by atoms with Crippen LogP contribution >= 0.6 is 11.3 Å². The number of aromatic nitrogens is 1. The van der Waals surface area contributed by atoms with Crippen LogP contribution < -0.4 is 0 Å². The van der Waals surface area contributed by atoms with Crippen LogP contribution in [0.2, 0.25) is 0 Å². The Labute approximate surface area is 142 Å².